The maximum absolute atomic E-state index is 12.8. The zero-order chi connectivity index (χ0) is 19.0. The van der Waals surface area contributed by atoms with Crippen LogP contribution in [0.5, 0.6) is 5.75 Å². The normalized spacial score (nSPS) is 11.0. The predicted molar refractivity (Wildman–Crippen MR) is 104 cm³/mol. The van der Waals surface area contributed by atoms with Crippen LogP contribution in [0.25, 0.3) is 21.9 Å². The number of hydrogen-bond acceptors (Lipinski definition) is 4. The number of fused-ring (bicyclic) bond motifs is 3. The van der Waals surface area contributed by atoms with Crippen LogP contribution in [0.2, 0.25) is 0 Å². The Morgan fingerprint density at radius 3 is 2.89 bits per heavy atom. The van der Waals surface area contributed by atoms with Crippen LogP contribution in [0, 0.1) is 6.92 Å². The predicted octanol–water partition coefficient (Wildman–Crippen LogP) is 2.83. The average molecular weight is 362 g/mol. The van der Waals surface area contributed by atoms with Crippen LogP contribution in [-0.2, 0) is 11.3 Å². The minimum atomic E-state index is -0.338. The maximum atomic E-state index is 12.8. The molecule has 2 aromatic carbocycles. The molecule has 2 aromatic heterocycles. The van der Waals surface area contributed by atoms with Gasteiger partial charge in [-0.3, -0.25) is 14.2 Å². The molecule has 7 nitrogen and oxygen atoms in total. The van der Waals surface area contributed by atoms with E-state index >= 15 is 0 Å². The molecule has 0 aliphatic heterocycles. The van der Waals surface area contributed by atoms with Crippen molar-refractivity contribution in [2.24, 2.45) is 0 Å². The first kappa shape index (κ1) is 16.8. The molecule has 0 aliphatic rings. The van der Waals surface area contributed by atoms with E-state index < -0.39 is 0 Å². The summed E-state index contributed by atoms with van der Waals surface area (Å²) >= 11 is 0. The van der Waals surface area contributed by atoms with Gasteiger partial charge in [0, 0.05) is 10.9 Å². The molecule has 0 bridgehead atoms. The molecular weight excluding hydrogens is 344 g/mol. The second-order valence-corrected chi connectivity index (χ2v) is 6.32. The number of para-hydroxylation sites is 2. The molecule has 4 aromatic rings. The molecule has 136 valence electrons. The monoisotopic (exact) mass is 362 g/mol. The second kappa shape index (κ2) is 6.60. The number of nitrogens with one attached hydrogen (secondary N) is 2. The van der Waals surface area contributed by atoms with E-state index in [-0.39, 0.29) is 18.0 Å². The second-order valence-electron chi connectivity index (χ2n) is 6.32. The van der Waals surface area contributed by atoms with Crippen molar-refractivity contribution in [1.29, 1.82) is 0 Å². The molecule has 2 heterocycles. The van der Waals surface area contributed by atoms with Gasteiger partial charge in [0.1, 0.15) is 23.3 Å². The van der Waals surface area contributed by atoms with E-state index in [0.717, 1.165) is 16.5 Å². The fraction of sp³-hybridized carbons (Fsp3) is 0.150. The van der Waals surface area contributed by atoms with Gasteiger partial charge < -0.3 is 15.0 Å². The standard InChI is InChI=1S/C20H18N4O3/c1-12-7-8-14-13(9-12)18-19(23-14)20(26)24(11-21-18)10-17(25)22-15-5-3-4-6-16(15)27-2/h3-9,11,23H,10H2,1-2H3,(H,22,25). The molecule has 0 saturated carbocycles. The lowest BCUT2D eigenvalue weighted by Crippen LogP contribution is -2.28. The Labute approximate surface area is 154 Å². The zero-order valence-corrected chi connectivity index (χ0v) is 14.9. The van der Waals surface area contributed by atoms with Crippen LogP contribution in [-0.4, -0.2) is 27.6 Å². The lowest BCUT2D eigenvalue weighted by atomic mass is 10.2. The first-order chi connectivity index (χ1) is 13.1. The van der Waals surface area contributed by atoms with Gasteiger partial charge in [-0.1, -0.05) is 23.8 Å². The summed E-state index contributed by atoms with van der Waals surface area (Å²) in [4.78, 5) is 32.7. The summed E-state index contributed by atoms with van der Waals surface area (Å²) in [6.45, 7) is 1.84. The van der Waals surface area contributed by atoms with Gasteiger partial charge in [-0.05, 0) is 31.2 Å². The summed E-state index contributed by atoms with van der Waals surface area (Å²) in [6.07, 6.45) is 1.40. The van der Waals surface area contributed by atoms with Gasteiger partial charge >= 0.3 is 0 Å². The highest BCUT2D eigenvalue weighted by molar-refractivity contribution is 6.04. The summed E-state index contributed by atoms with van der Waals surface area (Å²) in [6, 6.07) is 13.0. The van der Waals surface area contributed by atoms with Crippen LogP contribution in [0.1, 0.15) is 5.56 Å². The summed E-state index contributed by atoms with van der Waals surface area (Å²) in [5.41, 5.74) is 3.20. The molecule has 0 saturated heterocycles. The molecule has 0 aliphatic carbocycles. The Morgan fingerprint density at radius 2 is 2.07 bits per heavy atom. The summed E-state index contributed by atoms with van der Waals surface area (Å²) < 4.78 is 6.51. The van der Waals surface area contributed by atoms with Crippen LogP contribution >= 0.6 is 0 Å². The Morgan fingerprint density at radius 1 is 1.26 bits per heavy atom. The number of ether oxygens (including phenoxy) is 1. The number of methoxy groups -OCH3 is 1. The number of H-pyrrole nitrogens is 1. The summed E-state index contributed by atoms with van der Waals surface area (Å²) in [5, 5.41) is 3.65. The van der Waals surface area contributed by atoms with E-state index in [1.54, 1.807) is 18.2 Å². The van der Waals surface area contributed by atoms with Crippen LogP contribution in [0.3, 0.4) is 0 Å². The number of aromatic nitrogens is 3. The number of aromatic amines is 1. The van der Waals surface area contributed by atoms with E-state index in [9.17, 15) is 9.59 Å². The van der Waals surface area contributed by atoms with E-state index in [2.05, 4.69) is 15.3 Å². The van der Waals surface area contributed by atoms with Gasteiger partial charge in [-0.25, -0.2) is 4.98 Å². The number of anilines is 1. The minimum absolute atomic E-state index is 0.145. The highest BCUT2D eigenvalue weighted by Gasteiger charge is 2.13. The minimum Gasteiger partial charge on any atom is -0.495 e. The number of benzene rings is 2. The SMILES string of the molecule is COc1ccccc1NC(=O)Cn1cnc2c([nH]c3ccc(C)cc32)c1=O. The van der Waals surface area contributed by atoms with E-state index in [4.69, 9.17) is 4.74 Å². The number of rotatable bonds is 4. The summed E-state index contributed by atoms with van der Waals surface area (Å²) in [7, 11) is 1.53. The number of hydrogen-bond donors (Lipinski definition) is 2. The van der Waals surface area contributed by atoms with Crippen molar-refractivity contribution >= 4 is 33.5 Å². The van der Waals surface area contributed by atoms with Crippen LogP contribution in [0.15, 0.2) is 53.6 Å². The fourth-order valence-corrected chi connectivity index (χ4v) is 3.11. The number of aryl methyl sites for hydroxylation is 1. The van der Waals surface area contributed by atoms with Crippen molar-refractivity contribution in [3.8, 4) is 5.75 Å². The number of carbonyl (C=O) groups excluding carboxylic acids is 1. The third-order valence-corrected chi connectivity index (χ3v) is 4.42. The molecule has 0 atom stereocenters. The Balaban J connectivity index is 1.66. The van der Waals surface area contributed by atoms with Gasteiger partial charge in [0.15, 0.2) is 0 Å². The fourth-order valence-electron chi connectivity index (χ4n) is 3.11. The van der Waals surface area contributed by atoms with E-state index in [1.165, 1.54) is 18.0 Å². The van der Waals surface area contributed by atoms with Gasteiger partial charge in [0.2, 0.25) is 5.91 Å². The van der Waals surface area contributed by atoms with Crippen molar-refractivity contribution in [2.75, 3.05) is 12.4 Å². The molecule has 2 N–H and O–H groups in total. The highest BCUT2D eigenvalue weighted by atomic mass is 16.5. The summed E-state index contributed by atoms with van der Waals surface area (Å²) in [5.74, 6) is 0.215. The molecule has 0 unspecified atom stereocenters. The van der Waals surface area contributed by atoms with Crippen molar-refractivity contribution < 1.29 is 9.53 Å². The highest BCUT2D eigenvalue weighted by Crippen LogP contribution is 2.23. The first-order valence-corrected chi connectivity index (χ1v) is 8.47. The molecule has 0 radical (unpaired) electrons. The van der Waals surface area contributed by atoms with Gasteiger partial charge in [-0.15, -0.1) is 0 Å². The Hall–Kier alpha value is -3.61. The molecule has 0 fully saturated rings. The molecule has 27 heavy (non-hydrogen) atoms. The van der Waals surface area contributed by atoms with Crippen molar-refractivity contribution in [3.05, 3.63) is 64.7 Å². The molecule has 1 amide bonds. The Bertz CT molecular complexity index is 1220. The largest absolute Gasteiger partial charge is 0.495 e. The van der Waals surface area contributed by atoms with Crippen molar-refractivity contribution in [2.45, 2.75) is 13.5 Å². The third kappa shape index (κ3) is 3.03. The lowest BCUT2D eigenvalue weighted by molar-refractivity contribution is -0.116. The third-order valence-electron chi connectivity index (χ3n) is 4.42. The van der Waals surface area contributed by atoms with Gasteiger partial charge in [0.25, 0.3) is 5.56 Å². The molecule has 0 spiro atoms. The van der Waals surface area contributed by atoms with E-state index in [1.807, 2.05) is 31.2 Å². The molecule has 7 heteroatoms. The number of amides is 1. The number of carbonyl (C=O) groups is 1. The first-order valence-electron chi connectivity index (χ1n) is 8.47. The quantitative estimate of drug-likeness (QED) is 0.584. The zero-order valence-electron chi connectivity index (χ0n) is 14.9. The molecule has 4 rings (SSSR count). The van der Waals surface area contributed by atoms with Crippen LogP contribution < -0.4 is 15.6 Å². The number of nitrogens with zero attached hydrogens (tertiary/aromatic N) is 2. The van der Waals surface area contributed by atoms with Crippen LogP contribution in [0.4, 0.5) is 5.69 Å². The maximum Gasteiger partial charge on any atom is 0.278 e. The van der Waals surface area contributed by atoms with Gasteiger partial charge in [0.05, 0.1) is 19.1 Å². The topological polar surface area (TPSA) is 89.0 Å². The van der Waals surface area contributed by atoms with Crippen molar-refractivity contribution in [1.82, 2.24) is 14.5 Å². The van der Waals surface area contributed by atoms with Gasteiger partial charge in [-0.2, -0.15) is 0 Å². The molecular formula is C20H18N4O3. The lowest BCUT2D eigenvalue weighted by Gasteiger charge is -2.10. The van der Waals surface area contributed by atoms with Crippen molar-refractivity contribution in [3.63, 3.8) is 0 Å². The average Bonchev–Trinajstić information content (AvgIpc) is 3.03. The Kier molecular flexibility index (Phi) is 4.12. The smallest absolute Gasteiger partial charge is 0.278 e. The van der Waals surface area contributed by atoms with E-state index in [0.29, 0.717) is 22.5 Å².